The van der Waals surface area contributed by atoms with Crippen molar-refractivity contribution in [1.29, 1.82) is 0 Å². The van der Waals surface area contributed by atoms with Crippen LogP contribution >= 0.6 is 11.3 Å². The highest BCUT2D eigenvalue weighted by Gasteiger charge is 2.01. The van der Waals surface area contributed by atoms with Crippen molar-refractivity contribution in [2.75, 3.05) is 0 Å². The molecule has 0 saturated heterocycles. The highest BCUT2D eigenvalue weighted by atomic mass is 32.1. The Bertz CT molecular complexity index is 546. The lowest BCUT2D eigenvalue weighted by atomic mass is 10.2. The van der Waals surface area contributed by atoms with Gasteiger partial charge in [0.2, 0.25) is 0 Å². The molecule has 1 heterocycles. The number of thiazole rings is 1. The molecule has 0 spiro atoms. The third-order valence-corrected chi connectivity index (χ3v) is 3.07. The summed E-state index contributed by atoms with van der Waals surface area (Å²) in [5.74, 6) is -0.288. The molecule has 0 N–H and O–H groups in total. The monoisotopic (exact) mass is 259 g/mol. The van der Waals surface area contributed by atoms with Crippen LogP contribution in [0.25, 0.3) is 12.2 Å². The van der Waals surface area contributed by atoms with E-state index in [0.717, 1.165) is 16.3 Å². The molecule has 0 radical (unpaired) electrons. The van der Waals surface area contributed by atoms with E-state index in [0.29, 0.717) is 0 Å². The van der Waals surface area contributed by atoms with Gasteiger partial charge in [0.1, 0.15) is 11.6 Å². The number of benzene rings is 1. The van der Waals surface area contributed by atoms with Crippen LogP contribution < -0.4 is 0 Å². The molecule has 0 aliphatic carbocycles. The Balaban J connectivity index is 1.98. The van der Waals surface area contributed by atoms with Gasteiger partial charge in [-0.15, -0.1) is 11.3 Å². The van der Waals surface area contributed by atoms with Crippen molar-refractivity contribution in [2.45, 2.75) is 13.5 Å². The molecule has 0 aliphatic rings. The molecular formula is C14H13NO2S. The number of rotatable bonds is 4. The number of ether oxygens (including phenoxy) is 1. The number of aromatic nitrogens is 1. The lowest BCUT2D eigenvalue weighted by Gasteiger charge is -1.96. The molecule has 1 aromatic heterocycles. The lowest BCUT2D eigenvalue weighted by Crippen LogP contribution is -1.98. The zero-order valence-corrected chi connectivity index (χ0v) is 10.8. The van der Waals surface area contributed by atoms with E-state index in [2.05, 4.69) is 4.98 Å². The van der Waals surface area contributed by atoms with Crippen molar-refractivity contribution in [1.82, 2.24) is 4.98 Å². The quantitative estimate of drug-likeness (QED) is 0.790. The fraction of sp³-hybridized carbons (Fsp3) is 0.143. The minimum absolute atomic E-state index is 0.241. The van der Waals surface area contributed by atoms with Gasteiger partial charge in [0.05, 0.1) is 5.69 Å². The van der Waals surface area contributed by atoms with Crippen molar-refractivity contribution in [3.63, 3.8) is 0 Å². The van der Waals surface area contributed by atoms with Crippen LogP contribution in [0.2, 0.25) is 0 Å². The minimum Gasteiger partial charge on any atom is -0.459 e. The number of hydrogen-bond acceptors (Lipinski definition) is 4. The molecule has 0 bridgehead atoms. The van der Waals surface area contributed by atoms with Crippen LogP contribution in [-0.2, 0) is 16.1 Å². The molecule has 0 aliphatic heterocycles. The third-order valence-electron chi connectivity index (χ3n) is 2.21. The Morgan fingerprint density at radius 1 is 1.33 bits per heavy atom. The van der Waals surface area contributed by atoms with Gasteiger partial charge in [0, 0.05) is 12.3 Å². The van der Waals surface area contributed by atoms with E-state index in [4.69, 9.17) is 4.74 Å². The second kappa shape index (κ2) is 6.12. The van der Waals surface area contributed by atoms with E-state index < -0.39 is 0 Å². The highest BCUT2D eigenvalue weighted by molar-refractivity contribution is 7.10. The van der Waals surface area contributed by atoms with Crippen molar-refractivity contribution in [2.24, 2.45) is 0 Å². The van der Waals surface area contributed by atoms with E-state index in [1.165, 1.54) is 18.3 Å². The average molecular weight is 259 g/mol. The van der Waals surface area contributed by atoms with Crippen molar-refractivity contribution in [3.8, 4) is 0 Å². The largest absolute Gasteiger partial charge is 0.459 e. The first-order valence-corrected chi connectivity index (χ1v) is 6.43. The van der Waals surface area contributed by atoms with E-state index in [1.54, 1.807) is 0 Å². The number of carbonyl (C=O) groups is 1. The fourth-order valence-electron chi connectivity index (χ4n) is 1.37. The van der Waals surface area contributed by atoms with Crippen LogP contribution in [0, 0.1) is 0 Å². The first kappa shape index (κ1) is 12.5. The van der Waals surface area contributed by atoms with Crippen LogP contribution in [0.3, 0.4) is 0 Å². The summed E-state index contributed by atoms with van der Waals surface area (Å²) in [6.45, 7) is 1.63. The van der Waals surface area contributed by atoms with Crippen LogP contribution in [0.5, 0.6) is 0 Å². The van der Waals surface area contributed by atoms with Crippen LogP contribution in [0.1, 0.15) is 23.2 Å². The zero-order chi connectivity index (χ0) is 12.8. The van der Waals surface area contributed by atoms with Gasteiger partial charge in [0.15, 0.2) is 0 Å². The van der Waals surface area contributed by atoms with Crippen LogP contribution in [0.15, 0.2) is 35.7 Å². The molecule has 3 nitrogen and oxygen atoms in total. The second-order valence-corrected chi connectivity index (χ2v) is 4.59. The van der Waals surface area contributed by atoms with E-state index in [-0.39, 0.29) is 12.6 Å². The maximum absolute atomic E-state index is 10.7. The predicted molar refractivity (Wildman–Crippen MR) is 73.0 cm³/mol. The normalized spacial score (nSPS) is 10.7. The molecule has 0 atom stereocenters. The van der Waals surface area contributed by atoms with Crippen molar-refractivity contribution in [3.05, 3.63) is 52.0 Å². The minimum atomic E-state index is -0.288. The van der Waals surface area contributed by atoms with Gasteiger partial charge in [-0.25, -0.2) is 4.98 Å². The second-order valence-electron chi connectivity index (χ2n) is 3.70. The Hall–Kier alpha value is -1.94. The Kier molecular flexibility index (Phi) is 4.25. The summed E-state index contributed by atoms with van der Waals surface area (Å²) in [4.78, 5) is 15.0. The summed E-state index contributed by atoms with van der Waals surface area (Å²) in [6.07, 6.45) is 3.96. The van der Waals surface area contributed by atoms with E-state index in [9.17, 15) is 4.79 Å². The number of hydrogen-bond donors (Lipinski definition) is 0. The van der Waals surface area contributed by atoms with E-state index >= 15 is 0 Å². The Labute approximate surface area is 110 Å². The summed E-state index contributed by atoms with van der Waals surface area (Å²) in [6, 6.07) is 10.0. The SMILES string of the molecule is CC(=O)OCc1csc(/C=C/c2ccccc2)n1. The van der Waals surface area contributed by atoms with Crippen LogP contribution in [-0.4, -0.2) is 11.0 Å². The number of nitrogens with zero attached hydrogens (tertiary/aromatic N) is 1. The molecular weight excluding hydrogens is 246 g/mol. The molecule has 92 valence electrons. The summed E-state index contributed by atoms with van der Waals surface area (Å²) >= 11 is 1.53. The van der Waals surface area contributed by atoms with Gasteiger partial charge in [0.25, 0.3) is 0 Å². The molecule has 1 aromatic carbocycles. The van der Waals surface area contributed by atoms with E-state index in [1.807, 2.05) is 47.9 Å². The summed E-state index contributed by atoms with van der Waals surface area (Å²) in [5.41, 5.74) is 1.91. The predicted octanol–water partition coefficient (Wildman–Crippen LogP) is 3.38. The van der Waals surface area contributed by atoms with Gasteiger partial charge in [-0.2, -0.15) is 0 Å². The van der Waals surface area contributed by atoms with Crippen LogP contribution in [0.4, 0.5) is 0 Å². The number of esters is 1. The summed E-state index contributed by atoms with van der Waals surface area (Å²) < 4.78 is 4.89. The smallest absolute Gasteiger partial charge is 0.303 e. The highest BCUT2D eigenvalue weighted by Crippen LogP contribution is 2.14. The standard InChI is InChI=1S/C14H13NO2S/c1-11(16)17-9-13-10-18-14(15-13)8-7-12-5-3-2-4-6-12/h2-8,10H,9H2,1H3/b8-7+. The first-order chi connectivity index (χ1) is 8.74. The third kappa shape index (κ3) is 3.82. The molecule has 0 amide bonds. The maximum Gasteiger partial charge on any atom is 0.303 e. The molecule has 0 unspecified atom stereocenters. The van der Waals surface area contributed by atoms with Crippen molar-refractivity contribution >= 4 is 29.5 Å². The molecule has 0 saturated carbocycles. The van der Waals surface area contributed by atoms with Gasteiger partial charge >= 0.3 is 5.97 Å². The maximum atomic E-state index is 10.7. The first-order valence-electron chi connectivity index (χ1n) is 5.55. The molecule has 4 heteroatoms. The lowest BCUT2D eigenvalue weighted by molar-refractivity contribution is -0.142. The number of carbonyl (C=O) groups excluding carboxylic acids is 1. The molecule has 0 fully saturated rings. The molecule has 2 rings (SSSR count). The zero-order valence-electron chi connectivity index (χ0n) is 10.00. The van der Waals surface area contributed by atoms with Gasteiger partial charge < -0.3 is 4.74 Å². The Morgan fingerprint density at radius 2 is 2.11 bits per heavy atom. The summed E-state index contributed by atoms with van der Waals surface area (Å²) in [7, 11) is 0. The van der Waals surface area contributed by atoms with Gasteiger partial charge in [-0.3, -0.25) is 4.79 Å². The van der Waals surface area contributed by atoms with Crippen molar-refractivity contribution < 1.29 is 9.53 Å². The van der Waals surface area contributed by atoms with Gasteiger partial charge in [-0.1, -0.05) is 36.4 Å². The molecule has 2 aromatic rings. The van der Waals surface area contributed by atoms with Gasteiger partial charge in [-0.05, 0) is 11.6 Å². The average Bonchev–Trinajstić information content (AvgIpc) is 2.83. The topological polar surface area (TPSA) is 39.2 Å². The summed E-state index contributed by atoms with van der Waals surface area (Å²) in [5, 5.41) is 2.80. The Morgan fingerprint density at radius 3 is 2.83 bits per heavy atom. The molecule has 18 heavy (non-hydrogen) atoms. The fourth-order valence-corrected chi connectivity index (χ4v) is 2.07.